The molecule has 1 N–H and O–H groups in total. The highest BCUT2D eigenvalue weighted by Gasteiger charge is 2.22. The minimum atomic E-state index is -0.368. The number of aromatic nitrogens is 3. The van der Waals surface area contributed by atoms with Crippen molar-refractivity contribution < 1.29 is 14.3 Å². The second-order valence-corrected chi connectivity index (χ2v) is 9.07. The minimum absolute atomic E-state index is 0.0638. The molecule has 8 heteroatoms. The molecule has 35 heavy (non-hydrogen) atoms. The van der Waals surface area contributed by atoms with Crippen molar-refractivity contribution in [2.75, 3.05) is 13.7 Å². The molecule has 4 aromatic rings. The second-order valence-electron chi connectivity index (χ2n) is 7.76. The normalized spacial score (nSPS) is 11.6. The highest BCUT2D eigenvalue weighted by atomic mass is 32.2. The van der Waals surface area contributed by atoms with E-state index >= 15 is 0 Å². The standard InChI is InChI=1S/C27H28N4O3S/c1-4-34-24-16-12-22(13-17-24)31-25(21-10-14-23(33-3)15-11-21)29-30-27(31)35-19(2)26(32)28-18-20-8-6-5-7-9-20/h5-17,19H,4,18H2,1-3H3,(H,28,32). The van der Waals surface area contributed by atoms with Crippen LogP contribution < -0.4 is 14.8 Å². The van der Waals surface area contributed by atoms with Gasteiger partial charge < -0.3 is 14.8 Å². The van der Waals surface area contributed by atoms with Crippen LogP contribution in [0.1, 0.15) is 19.4 Å². The molecule has 1 heterocycles. The Labute approximate surface area is 209 Å². The molecule has 0 aliphatic rings. The van der Waals surface area contributed by atoms with Crippen LogP contribution in [0.2, 0.25) is 0 Å². The van der Waals surface area contributed by atoms with Gasteiger partial charge in [0, 0.05) is 17.8 Å². The lowest BCUT2D eigenvalue weighted by Gasteiger charge is -2.14. The third kappa shape index (κ3) is 6.02. The van der Waals surface area contributed by atoms with Gasteiger partial charge in [0.1, 0.15) is 11.5 Å². The first kappa shape index (κ1) is 24.3. The van der Waals surface area contributed by atoms with Crippen LogP contribution in [-0.4, -0.2) is 39.6 Å². The smallest absolute Gasteiger partial charge is 0.233 e. The number of nitrogens with zero attached hydrogens (tertiary/aromatic N) is 3. The van der Waals surface area contributed by atoms with Gasteiger partial charge >= 0.3 is 0 Å². The summed E-state index contributed by atoms with van der Waals surface area (Å²) in [5.74, 6) is 2.17. The number of ether oxygens (including phenoxy) is 2. The number of methoxy groups -OCH3 is 1. The summed E-state index contributed by atoms with van der Waals surface area (Å²) in [7, 11) is 1.64. The largest absolute Gasteiger partial charge is 0.497 e. The molecule has 1 unspecified atom stereocenters. The number of hydrogen-bond donors (Lipinski definition) is 1. The van der Waals surface area contributed by atoms with Gasteiger partial charge in [0.15, 0.2) is 11.0 Å². The maximum Gasteiger partial charge on any atom is 0.233 e. The van der Waals surface area contributed by atoms with Crippen molar-refractivity contribution in [3.05, 3.63) is 84.4 Å². The molecule has 0 spiro atoms. The van der Waals surface area contributed by atoms with Crippen LogP contribution in [0.5, 0.6) is 11.5 Å². The van der Waals surface area contributed by atoms with E-state index in [0.29, 0.717) is 24.1 Å². The maximum atomic E-state index is 12.8. The summed E-state index contributed by atoms with van der Waals surface area (Å²) in [6.45, 7) is 4.90. The van der Waals surface area contributed by atoms with Gasteiger partial charge in [-0.15, -0.1) is 10.2 Å². The number of amides is 1. The highest BCUT2D eigenvalue weighted by molar-refractivity contribution is 8.00. The first-order valence-electron chi connectivity index (χ1n) is 11.4. The topological polar surface area (TPSA) is 78.3 Å². The van der Waals surface area contributed by atoms with Gasteiger partial charge in [0.05, 0.1) is 19.0 Å². The fourth-order valence-electron chi connectivity index (χ4n) is 3.50. The van der Waals surface area contributed by atoms with Crippen LogP contribution in [0.25, 0.3) is 17.1 Å². The Morgan fingerprint density at radius 1 is 0.971 bits per heavy atom. The first-order chi connectivity index (χ1) is 17.1. The Balaban J connectivity index is 1.60. The zero-order valence-electron chi connectivity index (χ0n) is 20.0. The first-order valence-corrected chi connectivity index (χ1v) is 12.3. The summed E-state index contributed by atoms with van der Waals surface area (Å²) in [4.78, 5) is 12.8. The summed E-state index contributed by atoms with van der Waals surface area (Å²) in [6.07, 6.45) is 0. The van der Waals surface area contributed by atoms with Gasteiger partial charge in [-0.05, 0) is 67.9 Å². The van der Waals surface area contributed by atoms with Crippen molar-refractivity contribution in [3.8, 4) is 28.6 Å². The number of benzene rings is 3. The molecule has 1 amide bonds. The zero-order valence-corrected chi connectivity index (χ0v) is 20.8. The number of hydrogen-bond acceptors (Lipinski definition) is 6. The molecule has 0 fully saturated rings. The Bertz CT molecular complexity index is 1240. The third-order valence-electron chi connectivity index (χ3n) is 5.35. The Morgan fingerprint density at radius 2 is 1.66 bits per heavy atom. The minimum Gasteiger partial charge on any atom is -0.497 e. The molecule has 3 aromatic carbocycles. The van der Waals surface area contributed by atoms with Gasteiger partial charge in [-0.25, -0.2) is 0 Å². The van der Waals surface area contributed by atoms with Crippen molar-refractivity contribution in [1.29, 1.82) is 0 Å². The fraction of sp³-hybridized carbons (Fsp3) is 0.222. The van der Waals surface area contributed by atoms with Crippen molar-refractivity contribution in [1.82, 2.24) is 20.1 Å². The number of carbonyl (C=O) groups excluding carboxylic acids is 1. The quantitative estimate of drug-likeness (QED) is 0.312. The molecule has 1 aromatic heterocycles. The molecular weight excluding hydrogens is 460 g/mol. The van der Waals surface area contributed by atoms with E-state index < -0.39 is 0 Å². The van der Waals surface area contributed by atoms with Crippen LogP contribution in [0.15, 0.2) is 84.0 Å². The van der Waals surface area contributed by atoms with E-state index in [1.807, 2.05) is 97.3 Å². The van der Waals surface area contributed by atoms with Gasteiger partial charge in [-0.1, -0.05) is 42.1 Å². The Kier molecular flexibility index (Phi) is 8.05. The lowest BCUT2D eigenvalue weighted by molar-refractivity contribution is -0.120. The van der Waals surface area contributed by atoms with E-state index in [2.05, 4.69) is 15.5 Å². The average Bonchev–Trinajstić information content (AvgIpc) is 3.31. The highest BCUT2D eigenvalue weighted by Crippen LogP contribution is 2.31. The summed E-state index contributed by atoms with van der Waals surface area (Å²) in [5.41, 5.74) is 2.82. The van der Waals surface area contributed by atoms with E-state index in [9.17, 15) is 4.79 Å². The molecule has 0 radical (unpaired) electrons. The van der Waals surface area contributed by atoms with Crippen LogP contribution >= 0.6 is 11.8 Å². The second kappa shape index (κ2) is 11.6. The monoisotopic (exact) mass is 488 g/mol. The van der Waals surface area contributed by atoms with Gasteiger partial charge in [0.25, 0.3) is 0 Å². The molecule has 0 aliphatic carbocycles. The number of carbonyl (C=O) groups is 1. The van der Waals surface area contributed by atoms with Crippen molar-refractivity contribution in [3.63, 3.8) is 0 Å². The molecule has 0 aliphatic heterocycles. The van der Waals surface area contributed by atoms with E-state index in [0.717, 1.165) is 28.3 Å². The number of rotatable bonds is 10. The van der Waals surface area contributed by atoms with Crippen LogP contribution in [-0.2, 0) is 11.3 Å². The molecule has 0 bridgehead atoms. The van der Waals surface area contributed by atoms with Crippen LogP contribution in [0.3, 0.4) is 0 Å². The van der Waals surface area contributed by atoms with Crippen molar-refractivity contribution >= 4 is 17.7 Å². The third-order valence-corrected chi connectivity index (χ3v) is 6.39. The predicted octanol–water partition coefficient (Wildman–Crippen LogP) is 5.14. The molecular formula is C27H28N4O3S. The SMILES string of the molecule is CCOc1ccc(-n2c(SC(C)C(=O)NCc3ccccc3)nnc2-c2ccc(OC)cc2)cc1. The number of thioether (sulfide) groups is 1. The predicted molar refractivity (Wildman–Crippen MR) is 138 cm³/mol. The van der Waals surface area contributed by atoms with E-state index in [4.69, 9.17) is 9.47 Å². The summed E-state index contributed by atoms with van der Waals surface area (Å²) < 4.78 is 12.8. The lowest BCUT2D eigenvalue weighted by Crippen LogP contribution is -2.30. The Morgan fingerprint density at radius 3 is 2.31 bits per heavy atom. The Hall–Kier alpha value is -3.78. The van der Waals surface area contributed by atoms with Gasteiger partial charge in [-0.2, -0.15) is 0 Å². The molecule has 1 atom stereocenters. The van der Waals surface area contributed by atoms with E-state index in [1.54, 1.807) is 7.11 Å². The zero-order chi connectivity index (χ0) is 24.6. The van der Waals surface area contributed by atoms with E-state index in [1.165, 1.54) is 11.8 Å². The summed E-state index contributed by atoms with van der Waals surface area (Å²) in [6, 6.07) is 25.3. The van der Waals surface area contributed by atoms with E-state index in [-0.39, 0.29) is 11.2 Å². The van der Waals surface area contributed by atoms with Gasteiger partial charge in [0.2, 0.25) is 5.91 Å². The molecule has 0 saturated carbocycles. The van der Waals surface area contributed by atoms with Crippen molar-refractivity contribution in [2.24, 2.45) is 0 Å². The molecule has 4 rings (SSSR count). The van der Waals surface area contributed by atoms with Gasteiger partial charge in [-0.3, -0.25) is 9.36 Å². The van der Waals surface area contributed by atoms with Crippen molar-refractivity contribution in [2.45, 2.75) is 30.8 Å². The summed E-state index contributed by atoms with van der Waals surface area (Å²) >= 11 is 1.37. The fourth-order valence-corrected chi connectivity index (χ4v) is 4.40. The average molecular weight is 489 g/mol. The lowest BCUT2D eigenvalue weighted by atomic mass is 10.2. The molecule has 0 saturated heterocycles. The summed E-state index contributed by atoms with van der Waals surface area (Å²) in [5, 5.41) is 12.2. The number of nitrogens with one attached hydrogen (secondary N) is 1. The van der Waals surface area contributed by atoms with Crippen LogP contribution in [0.4, 0.5) is 0 Å². The molecule has 7 nitrogen and oxygen atoms in total. The molecule has 180 valence electrons. The van der Waals surface area contributed by atoms with Crippen LogP contribution in [0, 0.1) is 0 Å². The maximum absolute atomic E-state index is 12.8.